The summed E-state index contributed by atoms with van der Waals surface area (Å²) < 4.78 is 45.9. The highest BCUT2D eigenvalue weighted by atomic mass is 19.4. The fourth-order valence-electron chi connectivity index (χ4n) is 4.03. The molecule has 0 atom stereocenters. The number of piperidine rings is 1. The van der Waals surface area contributed by atoms with Gasteiger partial charge in [0.15, 0.2) is 0 Å². The molecule has 2 aromatic rings. The van der Waals surface area contributed by atoms with Crippen molar-refractivity contribution in [1.82, 2.24) is 15.2 Å². The predicted molar refractivity (Wildman–Crippen MR) is 123 cm³/mol. The van der Waals surface area contributed by atoms with Crippen LogP contribution in [0.4, 0.5) is 23.7 Å². The van der Waals surface area contributed by atoms with E-state index in [0.29, 0.717) is 38.3 Å². The number of nitrogens with one attached hydrogen (secondary N) is 2. The third-order valence-corrected chi connectivity index (χ3v) is 5.70. The van der Waals surface area contributed by atoms with Gasteiger partial charge in [-0.25, -0.2) is 9.78 Å². The van der Waals surface area contributed by atoms with E-state index in [1.165, 1.54) is 36.3 Å². The van der Waals surface area contributed by atoms with Crippen LogP contribution in [0.1, 0.15) is 49.0 Å². The maximum absolute atomic E-state index is 13.5. The van der Waals surface area contributed by atoms with Gasteiger partial charge in [0.25, 0.3) is 5.91 Å². The van der Waals surface area contributed by atoms with E-state index in [1.807, 2.05) is 13.8 Å². The number of ether oxygens (including phenoxy) is 1. The Kier molecular flexibility index (Phi) is 7.89. The van der Waals surface area contributed by atoms with Gasteiger partial charge < -0.3 is 25.4 Å². The van der Waals surface area contributed by atoms with Crippen LogP contribution >= 0.6 is 0 Å². The number of urea groups is 1. The zero-order valence-corrected chi connectivity index (χ0v) is 19.8. The molecule has 0 aliphatic carbocycles. The largest absolute Gasteiger partial charge is 0.439 e. The Morgan fingerprint density at radius 2 is 1.89 bits per heavy atom. The molecule has 3 N–H and O–H groups in total. The van der Waals surface area contributed by atoms with Crippen LogP contribution in [-0.2, 0) is 6.18 Å². The minimum Gasteiger partial charge on any atom is -0.439 e. The standard InChI is InChI=1S/C24H29F3N4O4/c1-15(2)13-23(34)6-8-31(9-7-23)22(33)30-18-10-17(24(25,26)27)11-19(12-18)35-20-5-4-16(14-29-20)21(32)28-3/h4-5,10-12,14-15,34H,6-9,13H2,1-3H3,(H,28,32)(H,30,33). The van der Waals surface area contributed by atoms with Crippen molar-refractivity contribution >= 4 is 17.6 Å². The highest BCUT2D eigenvalue weighted by molar-refractivity contribution is 5.93. The average molecular weight is 495 g/mol. The number of rotatable bonds is 6. The van der Waals surface area contributed by atoms with Crippen LogP contribution in [0.3, 0.4) is 0 Å². The van der Waals surface area contributed by atoms with E-state index >= 15 is 0 Å². The molecule has 0 bridgehead atoms. The second-order valence-corrected chi connectivity index (χ2v) is 9.05. The number of hydrogen-bond donors (Lipinski definition) is 3. The molecule has 1 aromatic carbocycles. The molecule has 1 aliphatic heterocycles. The van der Waals surface area contributed by atoms with Crippen molar-refractivity contribution in [3.05, 3.63) is 47.7 Å². The maximum Gasteiger partial charge on any atom is 0.416 e. The summed E-state index contributed by atoms with van der Waals surface area (Å²) in [6.45, 7) is 4.60. The number of likely N-dealkylation sites (tertiary alicyclic amines) is 1. The SMILES string of the molecule is CNC(=O)c1ccc(Oc2cc(NC(=O)N3CCC(O)(CC(C)C)CC3)cc(C(F)(F)F)c2)nc1. The molecule has 1 aliphatic rings. The monoisotopic (exact) mass is 494 g/mol. The normalized spacial score (nSPS) is 15.6. The minimum atomic E-state index is -4.67. The summed E-state index contributed by atoms with van der Waals surface area (Å²) in [7, 11) is 1.46. The molecule has 3 rings (SSSR count). The van der Waals surface area contributed by atoms with Gasteiger partial charge in [0.1, 0.15) is 5.75 Å². The lowest BCUT2D eigenvalue weighted by Gasteiger charge is -2.39. The van der Waals surface area contributed by atoms with E-state index in [-0.39, 0.29) is 28.8 Å². The molecule has 190 valence electrons. The van der Waals surface area contributed by atoms with Crippen molar-refractivity contribution < 1.29 is 32.6 Å². The fourth-order valence-corrected chi connectivity index (χ4v) is 4.03. The number of alkyl halides is 3. The van der Waals surface area contributed by atoms with Crippen LogP contribution in [0.25, 0.3) is 0 Å². The van der Waals surface area contributed by atoms with E-state index in [0.717, 1.165) is 12.1 Å². The van der Waals surface area contributed by atoms with Crippen molar-refractivity contribution in [2.45, 2.75) is 44.9 Å². The molecule has 1 saturated heterocycles. The van der Waals surface area contributed by atoms with Crippen LogP contribution < -0.4 is 15.4 Å². The number of aliphatic hydroxyl groups is 1. The summed E-state index contributed by atoms with van der Waals surface area (Å²) in [5.41, 5.74) is -1.68. The van der Waals surface area contributed by atoms with Crippen LogP contribution in [0.15, 0.2) is 36.5 Å². The Morgan fingerprint density at radius 3 is 2.43 bits per heavy atom. The lowest BCUT2D eigenvalue weighted by molar-refractivity contribution is -0.137. The second kappa shape index (κ2) is 10.5. The van der Waals surface area contributed by atoms with Crippen molar-refractivity contribution in [2.24, 2.45) is 5.92 Å². The van der Waals surface area contributed by atoms with E-state index in [1.54, 1.807) is 0 Å². The Morgan fingerprint density at radius 1 is 1.20 bits per heavy atom. The third-order valence-electron chi connectivity index (χ3n) is 5.70. The van der Waals surface area contributed by atoms with Gasteiger partial charge in [-0.3, -0.25) is 4.79 Å². The van der Waals surface area contributed by atoms with Gasteiger partial charge >= 0.3 is 12.2 Å². The number of pyridine rings is 1. The van der Waals surface area contributed by atoms with Crippen molar-refractivity contribution in [3.63, 3.8) is 0 Å². The smallest absolute Gasteiger partial charge is 0.416 e. The molecular formula is C24H29F3N4O4. The first-order valence-electron chi connectivity index (χ1n) is 11.2. The van der Waals surface area contributed by atoms with Crippen molar-refractivity contribution in [2.75, 3.05) is 25.5 Å². The van der Waals surface area contributed by atoms with E-state index < -0.39 is 23.4 Å². The number of carbonyl (C=O) groups excluding carboxylic acids is 2. The molecule has 35 heavy (non-hydrogen) atoms. The van der Waals surface area contributed by atoms with Gasteiger partial charge in [0.05, 0.1) is 16.7 Å². The Bertz CT molecular complexity index is 1050. The van der Waals surface area contributed by atoms with Gasteiger partial charge in [-0.2, -0.15) is 13.2 Å². The average Bonchev–Trinajstić information content (AvgIpc) is 2.78. The van der Waals surface area contributed by atoms with E-state index in [2.05, 4.69) is 15.6 Å². The van der Waals surface area contributed by atoms with Crippen molar-refractivity contribution in [3.8, 4) is 11.6 Å². The molecule has 1 aromatic heterocycles. The van der Waals surface area contributed by atoms with Crippen LogP contribution in [0.5, 0.6) is 11.6 Å². The molecule has 2 heterocycles. The molecule has 8 nitrogen and oxygen atoms in total. The van der Waals surface area contributed by atoms with Gasteiger partial charge in [-0.1, -0.05) is 13.8 Å². The topological polar surface area (TPSA) is 104 Å². The highest BCUT2D eigenvalue weighted by Gasteiger charge is 2.35. The quantitative estimate of drug-likeness (QED) is 0.542. The van der Waals surface area contributed by atoms with Gasteiger partial charge in [-0.05, 0) is 43.4 Å². The fraction of sp³-hybridized carbons (Fsp3) is 0.458. The first-order valence-corrected chi connectivity index (χ1v) is 11.2. The first kappa shape index (κ1) is 26.3. The first-order chi connectivity index (χ1) is 16.4. The van der Waals surface area contributed by atoms with Crippen LogP contribution in [0, 0.1) is 5.92 Å². The second-order valence-electron chi connectivity index (χ2n) is 9.05. The van der Waals surface area contributed by atoms with Gasteiger partial charge in [0.2, 0.25) is 5.88 Å². The number of hydrogen-bond acceptors (Lipinski definition) is 5. The Balaban J connectivity index is 1.74. The zero-order valence-electron chi connectivity index (χ0n) is 19.8. The highest BCUT2D eigenvalue weighted by Crippen LogP contribution is 2.36. The van der Waals surface area contributed by atoms with Gasteiger partial charge in [0, 0.05) is 44.2 Å². The Labute approximate surface area is 201 Å². The van der Waals surface area contributed by atoms with Gasteiger partial charge in [-0.15, -0.1) is 0 Å². The van der Waals surface area contributed by atoms with E-state index in [9.17, 15) is 27.9 Å². The summed E-state index contributed by atoms with van der Waals surface area (Å²) >= 11 is 0. The molecule has 1 fully saturated rings. The lowest BCUT2D eigenvalue weighted by Crippen LogP contribution is -2.48. The summed E-state index contributed by atoms with van der Waals surface area (Å²) in [5, 5.41) is 15.6. The van der Waals surface area contributed by atoms with E-state index in [4.69, 9.17) is 4.74 Å². The Hall–Kier alpha value is -3.34. The number of aromatic nitrogens is 1. The number of nitrogens with zero attached hydrogens (tertiary/aromatic N) is 2. The lowest BCUT2D eigenvalue weighted by atomic mass is 9.84. The van der Waals surface area contributed by atoms with Crippen molar-refractivity contribution in [1.29, 1.82) is 0 Å². The molecule has 0 saturated carbocycles. The molecule has 3 amide bonds. The number of carbonyl (C=O) groups is 2. The number of benzene rings is 1. The molecule has 0 spiro atoms. The summed E-state index contributed by atoms with van der Waals surface area (Å²) in [6, 6.07) is 5.11. The minimum absolute atomic E-state index is 0.0188. The zero-order chi connectivity index (χ0) is 25.8. The third kappa shape index (κ3) is 7.08. The molecule has 11 heteroatoms. The molecule has 0 radical (unpaired) electrons. The molecule has 0 unspecified atom stereocenters. The number of halogens is 3. The predicted octanol–water partition coefficient (Wildman–Crippen LogP) is 4.66. The molecular weight excluding hydrogens is 465 g/mol. The van der Waals surface area contributed by atoms with Crippen LogP contribution in [-0.4, -0.2) is 52.7 Å². The summed E-state index contributed by atoms with van der Waals surface area (Å²) in [6.07, 6.45) is -2.02. The summed E-state index contributed by atoms with van der Waals surface area (Å²) in [4.78, 5) is 29.8. The summed E-state index contributed by atoms with van der Waals surface area (Å²) in [5.74, 6) is -0.262. The number of anilines is 1. The number of amides is 3. The van der Waals surface area contributed by atoms with Crippen LogP contribution in [0.2, 0.25) is 0 Å². The maximum atomic E-state index is 13.5.